The van der Waals surface area contributed by atoms with Gasteiger partial charge in [-0.05, 0) is 43.3 Å². The Kier molecular flexibility index (Phi) is 6.36. The van der Waals surface area contributed by atoms with Crippen LogP contribution in [0.5, 0.6) is 11.5 Å². The minimum absolute atomic E-state index is 0.365. The number of benzene rings is 2. The zero-order valence-electron chi connectivity index (χ0n) is 15.8. The fourth-order valence-electron chi connectivity index (χ4n) is 3.02. The molecule has 0 radical (unpaired) electrons. The molecule has 0 aromatic heterocycles. The van der Waals surface area contributed by atoms with Gasteiger partial charge in [-0.1, -0.05) is 17.7 Å². The highest BCUT2D eigenvalue weighted by molar-refractivity contribution is 7.89. The van der Waals surface area contributed by atoms with Crippen molar-refractivity contribution in [3.63, 3.8) is 0 Å². The topological polar surface area (TPSA) is 59.1 Å². The molecule has 0 bridgehead atoms. The molecule has 27 heavy (non-hydrogen) atoms. The highest BCUT2D eigenvalue weighted by Crippen LogP contribution is 2.19. The zero-order valence-corrected chi connectivity index (χ0v) is 16.6. The molecule has 0 amide bonds. The van der Waals surface area contributed by atoms with Gasteiger partial charge in [-0.3, -0.25) is 4.90 Å². The lowest BCUT2D eigenvalue weighted by Gasteiger charge is -2.33. The van der Waals surface area contributed by atoms with Crippen LogP contribution in [0.15, 0.2) is 53.4 Å². The van der Waals surface area contributed by atoms with E-state index in [0.717, 1.165) is 23.6 Å². The number of hydrogen-bond acceptors (Lipinski definition) is 5. The molecule has 1 saturated heterocycles. The zero-order chi connectivity index (χ0) is 19.3. The molecule has 0 saturated carbocycles. The average molecular weight is 391 g/mol. The minimum atomic E-state index is -3.41. The van der Waals surface area contributed by atoms with Crippen molar-refractivity contribution in [3.05, 3.63) is 54.1 Å². The molecule has 7 heteroatoms. The number of nitrogens with zero attached hydrogens (tertiary/aromatic N) is 2. The smallest absolute Gasteiger partial charge is 0.243 e. The van der Waals surface area contributed by atoms with E-state index in [2.05, 4.69) is 4.90 Å². The van der Waals surface area contributed by atoms with E-state index < -0.39 is 10.0 Å². The Hall–Kier alpha value is -2.09. The summed E-state index contributed by atoms with van der Waals surface area (Å²) in [6.07, 6.45) is 0. The summed E-state index contributed by atoms with van der Waals surface area (Å²) in [5.41, 5.74) is 1.05. The highest BCUT2D eigenvalue weighted by Gasteiger charge is 2.28. The number of sulfonamides is 1. The minimum Gasteiger partial charge on any atom is -0.497 e. The monoisotopic (exact) mass is 390 g/mol. The summed E-state index contributed by atoms with van der Waals surface area (Å²) < 4.78 is 37.9. The van der Waals surface area contributed by atoms with Gasteiger partial charge in [-0.25, -0.2) is 8.42 Å². The molecule has 146 valence electrons. The van der Waals surface area contributed by atoms with Crippen LogP contribution in [-0.2, 0) is 10.0 Å². The third kappa shape index (κ3) is 5.00. The van der Waals surface area contributed by atoms with E-state index >= 15 is 0 Å². The van der Waals surface area contributed by atoms with Gasteiger partial charge in [0.05, 0.1) is 12.0 Å². The standard InChI is InChI=1S/C20H26N2O4S/c1-17-3-9-20(10-4-17)27(23,24)22-13-11-21(12-14-22)15-16-26-19-7-5-18(25-2)6-8-19/h3-10H,11-16H2,1-2H3. The molecule has 1 heterocycles. The second-order valence-corrected chi connectivity index (χ2v) is 8.52. The van der Waals surface area contributed by atoms with Gasteiger partial charge >= 0.3 is 0 Å². The summed E-state index contributed by atoms with van der Waals surface area (Å²) >= 11 is 0. The van der Waals surface area contributed by atoms with Crippen molar-refractivity contribution in [2.24, 2.45) is 0 Å². The van der Waals surface area contributed by atoms with E-state index in [4.69, 9.17) is 9.47 Å². The summed E-state index contributed by atoms with van der Waals surface area (Å²) in [6.45, 7) is 5.69. The summed E-state index contributed by atoms with van der Waals surface area (Å²) in [5, 5.41) is 0. The number of rotatable bonds is 7. The van der Waals surface area contributed by atoms with Crippen molar-refractivity contribution >= 4 is 10.0 Å². The molecular formula is C20H26N2O4S. The quantitative estimate of drug-likeness (QED) is 0.727. The van der Waals surface area contributed by atoms with E-state index in [1.54, 1.807) is 23.5 Å². The Morgan fingerprint density at radius 1 is 0.889 bits per heavy atom. The molecule has 6 nitrogen and oxygen atoms in total. The van der Waals surface area contributed by atoms with E-state index in [1.165, 1.54) is 0 Å². The fourth-order valence-corrected chi connectivity index (χ4v) is 4.44. The van der Waals surface area contributed by atoms with Crippen molar-refractivity contribution < 1.29 is 17.9 Å². The van der Waals surface area contributed by atoms with Crippen LogP contribution in [0, 0.1) is 6.92 Å². The molecular weight excluding hydrogens is 364 g/mol. The number of aryl methyl sites for hydroxylation is 1. The second kappa shape index (κ2) is 8.73. The lowest BCUT2D eigenvalue weighted by Crippen LogP contribution is -2.49. The largest absolute Gasteiger partial charge is 0.497 e. The van der Waals surface area contributed by atoms with Gasteiger partial charge in [0.2, 0.25) is 10.0 Å². The summed E-state index contributed by atoms with van der Waals surface area (Å²) in [4.78, 5) is 2.59. The van der Waals surface area contributed by atoms with Crippen molar-refractivity contribution in [3.8, 4) is 11.5 Å². The van der Waals surface area contributed by atoms with Crippen LogP contribution in [0.1, 0.15) is 5.56 Å². The highest BCUT2D eigenvalue weighted by atomic mass is 32.2. The predicted octanol–water partition coefficient (Wildman–Crippen LogP) is 2.39. The Balaban J connectivity index is 1.46. The summed E-state index contributed by atoms with van der Waals surface area (Å²) in [6, 6.07) is 14.5. The SMILES string of the molecule is COc1ccc(OCCN2CCN(S(=O)(=O)c3ccc(C)cc3)CC2)cc1. The van der Waals surface area contributed by atoms with E-state index in [1.807, 2.05) is 43.3 Å². The maximum atomic E-state index is 12.7. The van der Waals surface area contributed by atoms with Gasteiger partial charge in [0.25, 0.3) is 0 Å². The number of piperazine rings is 1. The van der Waals surface area contributed by atoms with Gasteiger partial charge in [0.15, 0.2) is 0 Å². The van der Waals surface area contributed by atoms with Gasteiger partial charge < -0.3 is 9.47 Å². The Morgan fingerprint density at radius 3 is 2.07 bits per heavy atom. The van der Waals surface area contributed by atoms with E-state index in [-0.39, 0.29) is 0 Å². The summed E-state index contributed by atoms with van der Waals surface area (Å²) in [7, 11) is -1.78. The number of ether oxygens (including phenoxy) is 2. The normalized spacial score (nSPS) is 16.2. The maximum Gasteiger partial charge on any atom is 0.243 e. The van der Waals surface area contributed by atoms with E-state index in [0.29, 0.717) is 37.7 Å². The first-order valence-electron chi connectivity index (χ1n) is 9.05. The Labute approximate surface area is 161 Å². The fraction of sp³-hybridized carbons (Fsp3) is 0.400. The van der Waals surface area contributed by atoms with Crippen molar-refractivity contribution in [2.45, 2.75) is 11.8 Å². The molecule has 0 spiro atoms. The van der Waals surface area contributed by atoms with Crippen LogP contribution in [0.3, 0.4) is 0 Å². The first kappa shape index (κ1) is 19.7. The molecule has 0 aliphatic carbocycles. The van der Waals surface area contributed by atoms with Crippen LogP contribution < -0.4 is 9.47 Å². The Morgan fingerprint density at radius 2 is 1.48 bits per heavy atom. The van der Waals surface area contributed by atoms with Crippen molar-refractivity contribution in [1.29, 1.82) is 0 Å². The molecule has 2 aromatic carbocycles. The lowest BCUT2D eigenvalue weighted by molar-refractivity contribution is 0.159. The van der Waals surface area contributed by atoms with Crippen LogP contribution >= 0.6 is 0 Å². The lowest BCUT2D eigenvalue weighted by atomic mass is 10.2. The first-order chi connectivity index (χ1) is 13.0. The first-order valence-corrected chi connectivity index (χ1v) is 10.5. The molecule has 0 unspecified atom stereocenters. The molecule has 1 aliphatic heterocycles. The van der Waals surface area contributed by atoms with Gasteiger partial charge in [0, 0.05) is 32.7 Å². The molecule has 2 aromatic rings. The molecule has 0 N–H and O–H groups in total. The summed E-state index contributed by atoms with van der Waals surface area (Å²) in [5.74, 6) is 1.60. The number of hydrogen-bond donors (Lipinski definition) is 0. The van der Waals surface area contributed by atoms with Crippen LogP contribution in [0.2, 0.25) is 0 Å². The van der Waals surface area contributed by atoms with Gasteiger partial charge in [-0.15, -0.1) is 0 Å². The third-order valence-corrected chi connectivity index (χ3v) is 6.64. The van der Waals surface area contributed by atoms with Crippen LogP contribution in [0.25, 0.3) is 0 Å². The van der Waals surface area contributed by atoms with E-state index in [9.17, 15) is 8.42 Å². The van der Waals surface area contributed by atoms with Crippen LogP contribution in [-0.4, -0.2) is 64.1 Å². The maximum absolute atomic E-state index is 12.7. The average Bonchev–Trinajstić information content (AvgIpc) is 2.69. The number of methoxy groups -OCH3 is 1. The predicted molar refractivity (Wildman–Crippen MR) is 105 cm³/mol. The molecule has 0 atom stereocenters. The second-order valence-electron chi connectivity index (χ2n) is 6.58. The van der Waals surface area contributed by atoms with Crippen LogP contribution in [0.4, 0.5) is 0 Å². The molecule has 1 fully saturated rings. The Bertz CT molecular complexity index is 827. The molecule has 3 rings (SSSR count). The third-order valence-electron chi connectivity index (χ3n) is 4.73. The molecule has 1 aliphatic rings. The van der Waals surface area contributed by atoms with Gasteiger partial charge in [0.1, 0.15) is 18.1 Å². The van der Waals surface area contributed by atoms with Crippen molar-refractivity contribution in [1.82, 2.24) is 9.21 Å². The van der Waals surface area contributed by atoms with Gasteiger partial charge in [-0.2, -0.15) is 4.31 Å². The van der Waals surface area contributed by atoms with Crippen molar-refractivity contribution in [2.75, 3.05) is 46.4 Å².